The van der Waals surface area contributed by atoms with Crippen molar-refractivity contribution in [2.24, 2.45) is 5.41 Å². The Hall–Kier alpha value is -2.04. The van der Waals surface area contributed by atoms with E-state index in [2.05, 4.69) is 19.2 Å². The molecule has 1 saturated heterocycles. The minimum Gasteiger partial charge on any atom is -0.458 e. The number of para-hydroxylation sites is 1. The first-order chi connectivity index (χ1) is 11.6. The molecule has 0 saturated carbocycles. The molecule has 1 heterocycles. The SMILES string of the molecule is CC1(C)CCCN(C(=O)C(Nc2ccccc2)C(=O)OC(C)(C)C)C1. The third kappa shape index (κ3) is 5.76. The van der Waals surface area contributed by atoms with Crippen LogP contribution in [0.3, 0.4) is 0 Å². The van der Waals surface area contributed by atoms with Gasteiger partial charge < -0.3 is 15.0 Å². The van der Waals surface area contributed by atoms with E-state index in [1.165, 1.54) is 0 Å². The second-order valence-corrected chi connectivity index (χ2v) is 8.50. The fraction of sp³-hybridized carbons (Fsp3) is 0.600. The number of hydrogen-bond acceptors (Lipinski definition) is 4. The van der Waals surface area contributed by atoms with Gasteiger partial charge >= 0.3 is 5.97 Å². The van der Waals surface area contributed by atoms with Crippen LogP contribution in [-0.2, 0) is 14.3 Å². The van der Waals surface area contributed by atoms with Crippen molar-refractivity contribution < 1.29 is 14.3 Å². The molecular formula is C20H30N2O3. The fourth-order valence-electron chi connectivity index (χ4n) is 3.08. The van der Waals surface area contributed by atoms with Crippen molar-refractivity contribution in [3.8, 4) is 0 Å². The molecule has 0 spiro atoms. The predicted molar refractivity (Wildman–Crippen MR) is 99.3 cm³/mol. The van der Waals surface area contributed by atoms with E-state index in [0.717, 1.165) is 18.5 Å². The number of benzene rings is 1. The van der Waals surface area contributed by atoms with E-state index in [1.807, 2.05) is 30.3 Å². The van der Waals surface area contributed by atoms with Gasteiger partial charge in [0.15, 0.2) is 0 Å². The van der Waals surface area contributed by atoms with Gasteiger partial charge in [0.2, 0.25) is 6.04 Å². The number of amides is 1. The summed E-state index contributed by atoms with van der Waals surface area (Å²) < 4.78 is 5.49. The Labute approximate surface area is 150 Å². The molecule has 0 bridgehead atoms. The number of esters is 1. The lowest BCUT2D eigenvalue weighted by Crippen LogP contribution is -2.53. The quantitative estimate of drug-likeness (QED) is 0.670. The zero-order valence-corrected chi connectivity index (χ0v) is 16.0. The van der Waals surface area contributed by atoms with Crippen LogP contribution < -0.4 is 5.32 Å². The molecule has 0 aliphatic carbocycles. The number of carbonyl (C=O) groups excluding carboxylic acids is 2. The van der Waals surface area contributed by atoms with Crippen molar-refractivity contribution in [3.63, 3.8) is 0 Å². The van der Waals surface area contributed by atoms with Gasteiger partial charge in [0.25, 0.3) is 5.91 Å². The standard InChI is InChI=1S/C20H30N2O3/c1-19(2,3)25-18(24)16(21-15-10-7-6-8-11-15)17(23)22-13-9-12-20(4,5)14-22/h6-8,10-11,16,21H,9,12-14H2,1-5H3. The number of likely N-dealkylation sites (tertiary alicyclic amines) is 1. The van der Waals surface area contributed by atoms with Crippen molar-refractivity contribution in [2.75, 3.05) is 18.4 Å². The molecule has 1 aliphatic rings. The molecular weight excluding hydrogens is 316 g/mol. The van der Waals surface area contributed by atoms with Crippen LogP contribution in [0.1, 0.15) is 47.5 Å². The number of nitrogens with zero attached hydrogens (tertiary/aromatic N) is 1. The molecule has 0 aromatic heterocycles. The van der Waals surface area contributed by atoms with Crippen molar-refractivity contribution >= 4 is 17.6 Å². The van der Waals surface area contributed by atoms with Crippen molar-refractivity contribution in [2.45, 2.75) is 59.1 Å². The van der Waals surface area contributed by atoms with Crippen LogP contribution in [0, 0.1) is 5.41 Å². The molecule has 1 fully saturated rings. The summed E-state index contributed by atoms with van der Waals surface area (Å²) in [6.45, 7) is 11.1. The van der Waals surface area contributed by atoms with Gasteiger partial charge in [-0.1, -0.05) is 32.0 Å². The van der Waals surface area contributed by atoms with Gasteiger partial charge in [-0.15, -0.1) is 0 Å². The molecule has 0 radical (unpaired) electrons. The van der Waals surface area contributed by atoms with Crippen molar-refractivity contribution in [1.82, 2.24) is 4.90 Å². The van der Waals surface area contributed by atoms with Gasteiger partial charge in [0.05, 0.1) is 0 Å². The summed E-state index contributed by atoms with van der Waals surface area (Å²) in [5.74, 6) is -0.754. The Morgan fingerprint density at radius 2 is 1.84 bits per heavy atom. The Balaban J connectivity index is 2.20. The highest BCUT2D eigenvalue weighted by atomic mass is 16.6. The number of ether oxygens (including phenoxy) is 1. The fourth-order valence-corrected chi connectivity index (χ4v) is 3.08. The molecule has 5 heteroatoms. The van der Waals surface area contributed by atoms with E-state index in [9.17, 15) is 9.59 Å². The molecule has 5 nitrogen and oxygen atoms in total. The number of nitrogens with one attached hydrogen (secondary N) is 1. The van der Waals surface area contributed by atoms with Crippen LogP contribution in [0.5, 0.6) is 0 Å². The van der Waals surface area contributed by atoms with Crippen molar-refractivity contribution in [3.05, 3.63) is 30.3 Å². The lowest BCUT2D eigenvalue weighted by molar-refractivity contribution is -0.160. The molecule has 1 aromatic carbocycles. The van der Waals surface area contributed by atoms with Crippen LogP contribution in [0.15, 0.2) is 30.3 Å². The van der Waals surface area contributed by atoms with E-state index >= 15 is 0 Å². The number of anilines is 1. The molecule has 1 atom stereocenters. The third-order valence-electron chi connectivity index (χ3n) is 4.19. The molecule has 1 amide bonds. The van der Waals surface area contributed by atoms with Crippen LogP contribution in [0.25, 0.3) is 0 Å². The van der Waals surface area contributed by atoms with Gasteiger partial charge in [-0.05, 0) is 51.2 Å². The Bertz CT molecular complexity index is 605. The van der Waals surface area contributed by atoms with Gasteiger partial charge in [-0.3, -0.25) is 4.79 Å². The molecule has 138 valence electrons. The zero-order chi connectivity index (χ0) is 18.7. The van der Waals surface area contributed by atoms with E-state index in [1.54, 1.807) is 25.7 Å². The lowest BCUT2D eigenvalue weighted by atomic mass is 9.84. The minimum absolute atomic E-state index is 0.0686. The summed E-state index contributed by atoms with van der Waals surface area (Å²) in [6.07, 6.45) is 2.03. The average Bonchev–Trinajstić information content (AvgIpc) is 2.50. The monoisotopic (exact) mass is 346 g/mol. The van der Waals surface area contributed by atoms with Crippen LogP contribution >= 0.6 is 0 Å². The summed E-state index contributed by atoms with van der Waals surface area (Å²) in [7, 11) is 0. The van der Waals surface area contributed by atoms with Crippen LogP contribution in [-0.4, -0.2) is 41.5 Å². The van der Waals surface area contributed by atoms with E-state index in [-0.39, 0.29) is 11.3 Å². The molecule has 1 unspecified atom stereocenters. The highest BCUT2D eigenvalue weighted by Gasteiger charge is 2.37. The van der Waals surface area contributed by atoms with Gasteiger partial charge in [-0.25, -0.2) is 4.79 Å². The highest BCUT2D eigenvalue weighted by Crippen LogP contribution is 2.29. The maximum atomic E-state index is 13.1. The largest absolute Gasteiger partial charge is 0.458 e. The van der Waals surface area contributed by atoms with E-state index in [0.29, 0.717) is 13.1 Å². The maximum Gasteiger partial charge on any atom is 0.339 e. The molecule has 25 heavy (non-hydrogen) atoms. The number of carbonyl (C=O) groups is 2. The minimum atomic E-state index is -1.03. The number of piperidine rings is 1. The summed E-state index contributed by atoms with van der Waals surface area (Å²) in [5, 5.41) is 3.06. The van der Waals surface area contributed by atoms with E-state index < -0.39 is 17.6 Å². The topological polar surface area (TPSA) is 58.6 Å². The third-order valence-corrected chi connectivity index (χ3v) is 4.19. The first kappa shape index (κ1) is 19.3. The van der Waals surface area contributed by atoms with Crippen molar-refractivity contribution in [1.29, 1.82) is 0 Å². The van der Waals surface area contributed by atoms with Gasteiger partial charge in [0.1, 0.15) is 5.60 Å². The normalized spacial score (nSPS) is 18.4. The molecule has 1 aromatic rings. The second-order valence-electron chi connectivity index (χ2n) is 8.50. The Morgan fingerprint density at radius 1 is 1.20 bits per heavy atom. The summed E-state index contributed by atoms with van der Waals surface area (Å²) >= 11 is 0. The average molecular weight is 346 g/mol. The first-order valence-electron chi connectivity index (χ1n) is 8.91. The van der Waals surface area contributed by atoms with Gasteiger partial charge in [-0.2, -0.15) is 0 Å². The zero-order valence-electron chi connectivity index (χ0n) is 16.0. The molecule has 1 N–H and O–H groups in total. The summed E-state index contributed by atoms with van der Waals surface area (Å²) in [6, 6.07) is 8.26. The van der Waals surface area contributed by atoms with Crippen LogP contribution in [0.2, 0.25) is 0 Å². The molecule has 1 aliphatic heterocycles. The number of hydrogen-bond donors (Lipinski definition) is 1. The van der Waals surface area contributed by atoms with Gasteiger partial charge in [0, 0.05) is 18.8 Å². The second kappa shape index (κ2) is 7.46. The highest BCUT2D eigenvalue weighted by molar-refractivity contribution is 6.04. The maximum absolute atomic E-state index is 13.1. The van der Waals surface area contributed by atoms with E-state index in [4.69, 9.17) is 4.74 Å². The lowest BCUT2D eigenvalue weighted by Gasteiger charge is -2.39. The predicted octanol–water partition coefficient (Wildman–Crippen LogP) is 3.46. The Morgan fingerprint density at radius 3 is 2.40 bits per heavy atom. The Kier molecular flexibility index (Phi) is 5.76. The number of rotatable bonds is 4. The first-order valence-corrected chi connectivity index (χ1v) is 8.91. The summed E-state index contributed by atoms with van der Waals surface area (Å²) in [5.41, 5.74) is 0.150. The smallest absolute Gasteiger partial charge is 0.339 e. The summed E-state index contributed by atoms with van der Waals surface area (Å²) in [4.78, 5) is 27.5. The van der Waals surface area contributed by atoms with Crippen LogP contribution in [0.4, 0.5) is 5.69 Å². The molecule has 2 rings (SSSR count).